The molecular weight excluding hydrogens is 282 g/mol. The average molecular weight is 301 g/mol. The minimum absolute atomic E-state index is 0.0364. The molecule has 20 heavy (non-hydrogen) atoms. The fourth-order valence-electron chi connectivity index (χ4n) is 2.04. The monoisotopic (exact) mass is 301 g/mol. The van der Waals surface area contributed by atoms with Gasteiger partial charge in [0.05, 0.1) is 0 Å². The largest absolute Gasteiger partial charge is 0.480 e. The molecule has 3 amide bonds. The molecule has 1 aliphatic heterocycles. The molecule has 1 aliphatic carbocycles. The molecule has 0 radical (unpaired) electrons. The first-order valence-electron chi connectivity index (χ1n) is 6.60. The Labute approximate surface area is 121 Å². The van der Waals surface area contributed by atoms with Crippen molar-refractivity contribution in [2.24, 2.45) is 0 Å². The van der Waals surface area contributed by atoms with Crippen molar-refractivity contribution in [3.05, 3.63) is 0 Å². The summed E-state index contributed by atoms with van der Waals surface area (Å²) in [6.07, 6.45) is 1.99. The Hall–Kier alpha value is -1.44. The molecule has 1 saturated carbocycles. The number of carbonyl (C=O) groups is 3. The van der Waals surface area contributed by atoms with E-state index in [4.69, 9.17) is 5.11 Å². The summed E-state index contributed by atoms with van der Waals surface area (Å²) >= 11 is 1.52. The van der Waals surface area contributed by atoms with E-state index in [2.05, 4.69) is 5.32 Å². The van der Waals surface area contributed by atoms with Gasteiger partial charge in [0.1, 0.15) is 12.6 Å². The maximum absolute atomic E-state index is 12.2. The number of carbonyl (C=O) groups excluding carboxylic acids is 2. The van der Waals surface area contributed by atoms with Crippen LogP contribution in [0.4, 0.5) is 4.79 Å². The number of nitrogens with zero attached hydrogens (tertiary/aromatic N) is 2. The quantitative estimate of drug-likeness (QED) is 0.752. The Balaban J connectivity index is 1.89. The number of hydrogen-bond acceptors (Lipinski definition) is 4. The number of rotatable bonds is 4. The minimum Gasteiger partial charge on any atom is -0.480 e. The van der Waals surface area contributed by atoms with Crippen LogP contribution in [0, 0.1) is 0 Å². The predicted molar refractivity (Wildman–Crippen MR) is 74.6 cm³/mol. The highest BCUT2D eigenvalue weighted by molar-refractivity contribution is 7.99. The van der Waals surface area contributed by atoms with Crippen molar-refractivity contribution < 1.29 is 19.5 Å². The highest BCUT2D eigenvalue weighted by Gasteiger charge is 2.34. The van der Waals surface area contributed by atoms with Gasteiger partial charge >= 0.3 is 12.0 Å². The minimum atomic E-state index is -0.999. The summed E-state index contributed by atoms with van der Waals surface area (Å²) in [5, 5.41) is 11.9. The molecule has 7 nitrogen and oxygen atoms in total. The normalized spacial score (nSPS) is 22.2. The maximum atomic E-state index is 12.2. The lowest BCUT2D eigenvalue weighted by molar-refractivity contribution is -0.141. The van der Waals surface area contributed by atoms with Gasteiger partial charge in [-0.3, -0.25) is 4.79 Å². The molecule has 0 aromatic heterocycles. The van der Waals surface area contributed by atoms with Crippen molar-refractivity contribution in [3.8, 4) is 0 Å². The molecule has 0 aromatic rings. The number of thioether (sulfide) groups is 1. The van der Waals surface area contributed by atoms with Gasteiger partial charge in [0.15, 0.2) is 0 Å². The SMILES string of the molecule is CN(CC(=O)NC1CC1)C(=O)N1CCSCC1C(=O)O. The number of urea groups is 1. The first-order valence-corrected chi connectivity index (χ1v) is 7.76. The average Bonchev–Trinajstić information content (AvgIpc) is 3.21. The van der Waals surface area contributed by atoms with Gasteiger partial charge in [-0.25, -0.2) is 9.59 Å². The van der Waals surface area contributed by atoms with Crippen LogP contribution >= 0.6 is 11.8 Å². The summed E-state index contributed by atoms with van der Waals surface area (Å²) < 4.78 is 0. The maximum Gasteiger partial charge on any atom is 0.327 e. The number of amides is 3. The van der Waals surface area contributed by atoms with Crippen LogP contribution in [0.15, 0.2) is 0 Å². The Bertz CT molecular complexity index is 414. The number of carboxylic acid groups (broad SMARTS) is 1. The van der Waals surface area contributed by atoms with Crippen molar-refractivity contribution >= 4 is 29.7 Å². The van der Waals surface area contributed by atoms with Crippen molar-refractivity contribution in [1.82, 2.24) is 15.1 Å². The second-order valence-corrected chi connectivity index (χ2v) is 6.25. The molecule has 1 saturated heterocycles. The van der Waals surface area contributed by atoms with E-state index >= 15 is 0 Å². The molecule has 2 fully saturated rings. The number of aliphatic carboxylic acids is 1. The van der Waals surface area contributed by atoms with Crippen LogP contribution in [0.3, 0.4) is 0 Å². The van der Waals surface area contributed by atoms with Crippen molar-refractivity contribution in [3.63, 3.8) is 0 Å². The van der Waals surface area contributed by atoms with E-state index in [0.717, 1.165) is 18.6 Å². The van der Waals surface area contributed by atoms with E-state index in [1.54, 1.807) is 0 Å². The topological polar surface area (TPSA) is 90.0 Å². The third-order valence-electron chi connectivity index (χ3n) is 3.31. The van der Waals surface area contributed by atoms with E-state index in [9.17, 15) is 14.4 Å². The molecule has 1 unspecified atom stereocenters. The second-order valence-electron chi connectivity index (χ2n) is 5.10. The lowest BCUT2D eigenvalue weighted by atomic mass is 10.3. The van der Waals surface area contributed by atoms with Gasteiger partial charge in [-0.2, -0.15) is 11.8 Å². The molecule has 0 spiro atoms. The zero-order chi connectivity index (χ0) is 14.7. The summed E-state index contributed by atoms with van der Waals surface area (Å²) in [6, 6.07) is -0.956. The van der Waals surface area contributed by atoms with Gasteiger partial charge in [-0.05, 0) is 12.8 Å². The summed E-state index contributed by atoms with van der Waals surface area (Å²) in [5.74, 6) is -0.0798. The van der Waals surface area contributed by atoms with Gasteiger partial charge in [0.2, 0.25) is 5.91 Å². The molecule has 2 rings (SSSR count). The Morgan fingerprint density at radius 3 is 2.70 bits per heavy atom. The highest BCUT2D eigenvalue weighted by atomic mass is 32.2. The van der Waals surface area contributed by atoms with Crippen LogP contribution in [-0.2, 0) is 9.59 Å². The van der Waals surface area contributed by atoms with Crippen LogP contribution < -0.4 is 5.32 Å². The van der Waals surface area contributed by atoms with Crippen LogP contribution in [0.1, 0.15) is 12.8 Å². The summed E-state index contributed by atoms with van der Waals surface area (Å²) in [4.78, 5) is 37.7. The van der Waals surface area contributed by atoms with Crippen LogP contribution in [0.5, 0.6) is 0 Å². The standard InChI is InChI=1S/C12H19N3O4S/c1-14(6-10(16)13-8-2-3-8)12(19)15-4-5-20-7-9(15)11(17)18/h8-9H,2-7H2,1H3,(H,13,16)(H,17,18). The first kappa shape index (κ1) is 15.0. The molecule has 2 N–H and O–H groups in total. The zero-order valence-electron chi connectivity index (χ0n) is 11.4. The highest BCUT2D eigenvalue weighted by Crippen LogP contribution is 2.19. The van der Waals surface area contributed by atoms with E-state index in [1.807, 2.05) is 0 Å². The third-order valence-corrected chi connectivity index (χ3v) is 4.33. The number of nitrogens with one attached hydrogen (secondary N) is 1. The van der Waals surface area contributed by atoms with E-state index < -0.39 is 18.0 Å². The van der Waals surface area contributed by atoms with E-state index in [-0.39, 0.29) is 18.5 Å². The predicted octanol–water partition coefficient (Wildman–Crippen LogP) is -0.181. The van der Waals surface area contributed by atoms with Gasteiger partial charge in [-0.1, -0.05) is 0 Å². The smallest absolute Gasteiger partial charge is 0.327 e. The molecule has 8 heteroatoms. The summed E-state index contributed by atoms with van der Waals surface area (Å²) in [6.45, 7) is 0.361. The van der Waals surface area contributed by atoms with Crippen LogP contribution in [0.25, 0.3) is 0 Å². The molecule has 0 aromatic carbocycles. The lowest BCUT2D eigenvalue weighted by Gasteiger charge is -2.35. The van der Waals surface area contributed by atoms with Crippen molar-refractivity contribution in [1.29, 1.82) is 0 Å². The van der Waals surface area contributed by atoms with Crippen molar-refractivity contribution in [2.45, 2.75) is 24.9 Å². The molecule has 0 bridgehead atoms. The third kappa shape index (κ3) is 3.78. The van der Waals surface area contributed by atoms with Crippen molar-refractivity contribution in [2.75, 3.05) is 31.6 Å². The Morgan fingerprint density at radius 2 is 2.10 bits per heavy atom. The molecule has 1 heterocycles. The number of likely N-dealkylation sites (N-methyl/N-ethyl adjacent to an activating group) is 1. The lowest BCUT2D eigenvalue weighted by Crippen LogP contribution is -2.55. The van der Waals surface area contributed by atoms with Gasteiger partial charge in [0, 0.05) is 31.1 Å². The van der Waals surface area contributed by atoms with Crippen LogP contribution in [0.2, 0.25) is 0 Å². The fourth-order valence-corrected chi connectivity index (χ4v) is 3.08. The number of hydrogen-bond donors (Lipinski definition) is 2. The number of carboxylic acids is 1. The fraction of sp³-hybridized carbons (Fsp3) is 0.750. The first-order chi connectivity index (χ1) is 9.49. The summed E-state index contributed by atoms with van der Waals surface area (Å²) in [5.41, 5.74) is 0. The Morgan fingerprint density at radius 1 is 1.40 bits per heavy atom. The van der Waals surface area contributed by atoms with Gasteiger partial charge in [0.25, 0.3) is 0 Å². The summed E-state index contributed by atoms with van der Waals surface area (Å²) in [7, 11) is 1.52. The molecule has 2 aliphatic rings. The van der Waals surface area contributed by atoms with Gasteiger partial charge in [-0.15, -0.1) is 0 Å². The molecule has 1 atom stereocenters. The van der Waals surface area contributed by atoms with E-state index in [0.29, 0.717) is 12.3 Å². The van der Waals surface area contributed by atoms with E-state index in [1.165, 1.54) is 28.6 Å². The Kier molecular flexibility index (Phi) is 4.74. The molecule has 112 valence electrons. The molecular formula is C12H19N3O4S. The zero-order valence-corrected chi connectivity index (χ0v) is 12.2. The van der Waals surface area contributed by atoms with Crippen LogP contribution in [-0.4, -0.2) is 76.5 Å². The van der Waals surface area contributed by atoms with Gasteiger partial charge < -0.3 is 20.2 Å². The second kappa shape index (κ2) is 6.34.